The van der Waals surface area contributed by atoms with Crippen molar-refractivity contribution in [1.29, 1.82) is 0 Å². The number of aliphatic imine (C=N–C) groups is 4. The molecule has 2 radical (unpaired) electrons. The number of aliphatic hydroxyl groups is 4. The van der Waals surface area contributed by atoms with E-state index in [0.29, 0.717) is 51.4 Å². The van der Waals surface area contributed by atoms with Gasteiger partial charge in [0.1, 0.15) is 0 Å². The average Bonchev–Trinajstić information content (AvgIpc) is 3.77. The van der Waals surface area contributed by atoms with Crippen LogP contribution in [-0.4, -0.2) is 121 Å². The third-order valence-corrected chi connectivity index (χ3v) is 5.68. The normalized spacial score (nSPS) is 23.0. The Kier molecular flexibility index (Phi) is 21.2. The molecule has 16 nitrogen and oxygen atoms in total. The number of hydrogen-bond acceptors (Lipinski definition) is 12. The van der Waals surface area contributed by atoms with Gasteiger partial charge in [-0.05, 0) is 25.7 Å². The van der Waals surface area contributed by atoms with Crippen molar-refractivity contribution in [3.05, 3.63) is 0 Å². The second-order valence-electron chi connectivity index (χ2n) is 8.49. The number of nitrogens with zero attached hydrogens (tertiary/aromatic N) is 4. The Morgan fingerprint density at radius 1 is 0.476 bits per heavy atom. The minimum atomic E-state index is -0.468. The summed E-state index contributed by atoms with van der Waals surface area (Å²) in [7, 11) is 5.25. The molecule has 42 heavy (non-hydrogen) atoms. The second-order valence-corrected chi connectivity index (χ2v) is 8.49. The zero-order valence-electron chi connectivity index (χ0n) is 23.5. The van der Waals surface area contributed by atoms with E-state index in [1.54, 1.807) is 0 Å². The molecule has 4 atom stereocenters. The van der Waals surface area contributed by atoms with Gasteiger partial charge in [-0.15, -0.1) is 0 Å². The molecular weight excluding hydrogens is 742 g/mol. The predicted octanol–water partition coefficient (Wildman–Crippen LogP) is 1.11. The van der Waals surface area contributed by atoms with E-state index < -0.39 is 24.2 Å². The standard InChI is InChI=1S/4C6H9NO3.2Rh/c4*1-10-6(9)4-2-3-5(8)7-4;;/h4*4H,2-3H2,1H3,(H,7,8);;/t4*4-;;/m1111../s1. The molecule has 0 saturated carbocycles. The second kappa shape index (κ2) is 21.7. The first kappa shape index (κ1) is 41.1. The van der Waals surface area contributed by atoms with Gasteiger partial charge in [0.05, 0.1) is 28.4 Å². The molecule has 4 aliphatic rings. The number of esters is 4. The summed E-state index contributed by atoms with van der Waals surface area (Å²) < 4.78 is 17.7. The summed E-state index contributed by atoms with van der Waals surface area (Å²) in [5, 5.41) is 35.1. The molecule has 4 heterocycles. The molecule has 0 saturated heterocycles. The molecule has 0 spiro atoms. The SMILES string of the molecule is COC(=O)[C@H]1CCC(O)=N1.COC(=O)[C@H]1CCC(O)=N1.COC(=O)[C@H]1CCC(O)=N1.COC(=O)[C@H]1CCC(O)=N1.[Rh].[Rh]. The fraction of sp³-hybridized carbons (Fsp3) is 0.667. The quantitative estimate of drug-likeness (QED) is 0.179. The molecule has 0 unspecified atom stereocenters. The van der Waals surface area contributed by atoms with Crippen molar-refractivity contribution in [2.75, 3.05) is 28.4 Å². The Morgan fingerprint density at radius 3 is 0.738 bits per heavy atom. The first-order chi connectivity index (χ1) is 18.9. The van der Waals surface area contributed by atoms with Crippen molar-refractivity contribution >= 4 is 47.5 Å². The van der Waals surface area contributed by atoms with Gasteiger partial charge in [-0.25, -0.2) is 39.1 Å². The van der Waals surface area contributed by atoms with E-state index in [9.17, 15) is 19.2 Å². The Morgan fingerprint density at radius 2 is 0.643 bits per heavy atom. The number of rotatable bonds is 4. The van der Waals surface area contributed by atoms with Crippen LogP contribution in [0.15, 0.2) is 20.0 Å². The van der Waals surface area contributed by atoms with E-state index in [1.807, 2.05) is 0 Å². The van der Waals surface area contributed by atoms with Crippen LogP contribution in [0.1, 0.15) is 51.4 Å². The molecular formula is C24H36N4O12Rh2. The molecule has 0 aromatic heterocycles. The zero-order valence-corrected chi connectivity index (χ0v) is 26.8. The van der Waals surface area contributed by atoms with Crippen LogP contribution in [0.25, 0.3) is 0 Å². The van der Waals surface area contributed by atoms with E-state index in [2.05, 4.69) is 38.9 Å². The largest absolute Gasteiger partial charge is 0.497 e. The van der Waals surface area contributed by atoms with Crippen LogP contribution in [0.4, 0.5) is 0 Å². The summed E-state index contributed by atoms with van der Waals surface area (Å²) in [6, 6.07) is -1.87. The van der Waals surface area contributed by atoms with E-state index in [0.717, 1.165) is 0 Å². The molecule has 0 bridgehead atoms. The van der Waals surface area contributed by atoms with Crippen LogP contribution in [0.2, 0.25) is 0 Å². The molecule has 4 aliphatic heterocycles. The van der Waals surface area contributed by atoms with Crippen LogP contribution in [-0.2, 0) is 77.1 Å². The topological polar surface area (TPSA) is 236 Å². The fourth-order valence-corrected chi connectivity index (χ4v) is 3.53. The van der Waals surface area contributed by atoms with Crippen molar-refractivity contribution in [3.63, 3.8) is 0 Å². The summed E-state index contributed by atoms with van der Waals surface area (Å²) in [4.78, 5) is 57.5. The van der Waals surface area contributed by atoms with E-state index >= 15 is 0 Å². The van der Waals surface area contributed by atoms with Crippen LogP contribution in [0.3, 0.4) is 0 Å². The van der Waals surface area contributed by atoms with Gasteiger partial charge in [-0.2, -0.15) is 0 Å². The van der Waals surface area contributed by atoms with Crippen molar-refractivity contribution in [2.24, 2.45) is 20.0 Å². The van der Waals surface area contributed by atoms with Gasteiger partial charge < -0.3 is 39.4 Å². The average molecular weight is 778 g/mol. The Balaban J connectivity index is 0. The maximum atomic E-state index is 10.7. The number of carbonyl (C=O) groups is 4. The molecule has 4 N–H and O–H groups in total. The smallest absolute Gasteiger partial charge is 0.330 e. The number of aliphatic hydroxyl groups excluding tert-OH is 4. The van der Waals surface area contributed by atoms with Crippen LogP contribution in [0.5, 0.6) is 0 Å². The van der Waals surface area contributed by atoms with Crippen molar-refractivity contribution < 1.29 is 97.5 Å². The Bertz CT molecular complexity index is 875. The third-order valence-electron chi connectivity index (χ3n) is 5.68. The summed E-state index contributed by atoms with van der Waals surface area (Å²) in [5.41, 5.74) is 0. The molecule has 242 valence electrons. The maximum Gasteiger partial charge on any atom is 0.330 e. The van der Waals surface area contributed by atoms with Crippen molar-refractivity contribution in [3.8, 4) is 0 Å². The molecule has 0 aromatic rings. The predicted molar refractivity (Wildman–Crippen MR) is 140 cm³/mol. The Labute approximate surface area is 268 Å². The molecule has 0 aromatic carbocycles. The summed E-state index contributed by atoms with van der Waals surface area (Å²) >= 11 is 0. The maximum absolute atomic E-state index is 10.7. The van der Waals surface area contributed by atoms with Crippen LogP contribution < -0.4 is 0 Å². The van der Waals surface area contributed by atoms with Crippen molar-refractivity contribution in [1.82, 2.24) is 0 Å². The fourth-order valence-electron chi connectivity index (χ4n) is 3.53. The minimum absolute atomic E-state index is 0. The van der Waals surface area contributed by atoms with Gasteiger partial charge in [0, 0.05) is 64.6 Å². The van der Waals surface area contributed by atoms with Crippen LogP contribution in [0, 0.1) is 0 Å². The summed E-state index contributed by atoms with van der Waals surface area (Å²) in [5.74, 6) is -1.28. The van der Waals surface area contributed by atoms with Gasteiger partial charge in [0.25, 0.3) is 0 Å². The zero-order chi connectivity index (χ0) is 30.2. The van der Waals surface area contributed by atoms with Gasteiger partial charge in [0.2, 0.25) is 0 Å². The number of ether oxygens (including phenoxy) is 4. The minimum Gasteiger partial charge on any atom is -0.497 e. The first-order valence-corrected chi connectivity index (χ1v) is 12.3. The number of carbonyl (C=O) groups excluding carboxylic acids is 4. The monoisotopic (exact) mass is 778 g/mol. The third kappa shape index (κ3) is 14.8. The summed E-state index contributed by atoms with van der Waals surface area (Å²) in [6.45, 7) is 0. The molecule has 18 heteroatoms. The molecule has 4 rings (SSSR count). The van der Waals surface area contributed by atoms with Crippen LogP contribution >= 0.6 is 0 Å². The van der Waals surface area contributed by atoms with Gasteiger partial charge >= 0.3 is 23.9 Å². The van der Waals surface area contributed by atoms with E-state index in [1.165, 1.54) is 28.4 Å². The van der Waals surface area contributed by atoms with E-state index in [-0.39, 0.29) is 86.4 Å². The van der Waals surface area contributed by atoms with Gasteiger partial charge in [0.15, 0.2) is 47.8 Å². The van der Waals surface area contributed by atoms with Crippen molar-refractivity contribution in [2.45, 2.75) is 75.5 Å². The summed E-state index contributed by atoms with van der Waals surface area (Å²) in [6.07, 6.45) is 4.22. The van der Waals surface area contributed by atoms with Gasteiger partial charge in [-0.1, -0.05) is 0 Å². The molecule has 0 aliphatic carbocycles. The molecule has 0 amide bonds. The Hall–Kier alpha value is -2.99. The first-order valence-electron chi connectivity index (χ1n) is 12.3. The van der Waals surface area contributed by atoms with E-state index in [4.69, 9.17) is 20.4 Å². The van der Waals surface area contributed by atoms with Gasteiger partial charge in [-0.3, -0.25) is 0 Å². The molecule has 0 fully saturated rings. The number of methoxy groups -OCH3 is 4. The number of hydrogen-bond donors (Lipinski definition) is 4.